The molecule has 1 atom stereocenters. The predicted molar refractivity (Wildman–Crippen MR) is 107 cm³/mol. The van der Waals surface area contributed by atoms with Gasteiger partial charge in [-0.05, 0) is 18.2 Å². The van der Waals surface area contributed by atoms with Gasteiger partial charge in [0, 0.05) is 24.5 Å². The molecule has 4 rings (SSSR count). The van der Waals surface area contributed by atoms with Gasteiger partial charge < -0.3 is 0 Å². The van der Waals surface area contributed by atoms with E-state index >= 15 is 0 Å². The van der Waals surface area contributed by atoms with Gasteiger partial charge in [-0.15, -0.1) is 0 Å². The highest BCUT2D eigenvalue weighted by atomic mass is 35.5. The number of benzene rings is 2. The highest BCUT2D eigenvalue weighted by molar-refractivity contribution is 6.41. The van der Waals surface area contributed by atoms with Crippen molar-refractivity contribution < 1.29 is 14.7 Å². The molecule has 0 fully saturated rings. The first-order valence-corrected chi connectivity index (χ1v) is 9.44. The first-order valence-electron chi connectivity index (χ1n) is 8.68. The summed E-state index contributed by atoms with van der Waals surface area (Å²) in [6.07, 6.45) is 1.64. The van der Waals surface area contributed by atoms with Gasteiger partial charge in [-0.3, -0.25) is 14.9 Å². The Bertz CT molecular complexity index is 1040. The second-order valence-corrected chi connectivity index (χ2v) is 7.31. The number of rotatable bonds is 4. The molecule has 2 aliphatic rings. The van der Waals surface area contributed by atoms with E-state index in [0.29, 0.717) is 17.0 Å². The maximum atomic E-state index is 13.2. The van der Waals surface area contributed by atoms with Crippen LogP contribution in [0.5, 0.6) is 0 Å². The summed E-state index contributed by atoms with van der Waals surface area (Å²) in [7, 11) is 0. The highest BCUT2D eigenvalue weighted by Gasteiger charge is 2.45. The van der Waals surface area contributed by atoms with E-state index < -0.39 is 10.8 Å². The van der Waals surface area contributed by atoms with E-state index in [4.69, 9.17) is 23.2 Å². The zero-order chi connectivity index (χ0) is 19.8. The molecule has 0 aromatic heterocycles. The van der Waals surface area contributed by atoms with Crippen LogP contribution in [0.3, 0.4) is 0 Å². The summed E-state index contributed by atoms with van der Waals surface area (Å²) in [6.45, 7) is 0.770. The molecule has 142 valence electrons. The van der Waals surface area contributed by atoms with E-state index in [0.717, 1.165) is 25.1 Å². The molecule has 0 radical (unpaired) electrons. The smallest absolute Gasteiger partial charge is 0.271 e. The summed E-state index contributed by atoms with van der Waals surface area (Å²) in [5.41, 5.74) is 1.89. The number of carbonyl (C=O) groups excluding carboxylic acids is 1. The minimum atomic E-state index is -0.666. The van der Waals surface area contributed by atoms with Crippen LogP contribution in [0.15, 0.2) is 47.6 Å². The van der Waals surface area contributed by atoms with Crippen LogP contribution < -0.4 is 10.0 Å². The number of nitrogens with one attached hydrogen (secondary N) is 1. The van der Waals surface area contributed by atoms with Gasteiger partial charge in [0.15, 0.2) is 11.6 Å². The lowest BCUT2D eigenvalue weighted by molar-refractivity contribution is -0.448. The first-order chi connectivity index (χ1) is 13.5. The minimum Gasteiger partial charge on any atom is -0.271 e. The monoisotopic (exact) mass is 417 g/mol. The van der Waals surface area contributed by atoms with Crippen LogP contribution in [-0.4, -0.2) is 28.8 Å². The highest BCUT2D eigenvalue weighted by Crippen LogP contribution is 2.35. The van der Waals surface area contributed by atoms with E-state index in [1.807, 2.05) is 18.2 Å². The van der Waals surface area contributed by atoms with Gasteiger partial charge in [0.05, 0.1) is 21.3 Å². The Balaban J connectivity index is 1.87. The van der Waals surface area contributed by atoms with Crippen LogP contribution in [0.4, 0.5) is 11.4 Å². The Morgan fingerprint density at radius 2 is 1.93 bits per heavy atom. The van der Waals surface area contributed by atoms with Crippen LogP contribution in [-0.2, 0) is 4.79 Å². The number of halogens is 2. The minimum absolute atomic E-state index is 0.0632. The van der Waals surface area contributed by atoms with Gasteiger partial charge in [0.2, 0.25) is 0 Å². The van der Waals surface area contributed by atoms with Crippen molar-refractivity contribution in [3.8, 4) is 0 Å². The first kappa shape index (κ1) is 18.6. The van der Waals surface area contributed by atoms with Crippen molar-refractivity contribution in [3.63, 3.8) is 0 Å². The van der Waals surface area contributed by atoms with Crippen LogP contribution >= 0.6 is 23.2 Å². The molecule has 2 aliphatic heterocycles. The molecule has 2 aromatic rings. The Morgan fingerprint density at radius 3 is 2.57 bits per heavy atom. The number of anilines is 1. The maximum absolute atomic E-state index is 13.2. The Morgan fingerprint density at radius 1 is 1.18 bits per heavy atom. The van der Waals surface area contributed by atoms with Crippen molar-refractivity contribution in [2.45, 2.75) is 12.8 Å². The summed E-state index contributed by atoms with van der Waals surface area (Å²) >= 11 is 12.3. The van der Waals surface area contributed by atoms with Crippen LogP contribution in [0.1, 0.15) is 18.4 Å². The number of hydrogen-bond donors (Lipinski definition) is 1. The molecule has 2 heterocycles. The lowest BCUT2D eigenvalue weighted by atomic mass is 9.90. The number of para-hydroxylation sites is 1. The average molecular weight is 418 g/mol. The summed E-state index contributed by atoms with van der Waals surface area (Å²) in [5, 5.41) is 17.3. The Kier molecular flexibility index (Phi) is 4.87. The van der Waals surface area contributed by atoms with Gasteiger partial charge in [-0.1, -0.05) is 41.4 Å². The Hall–Kier alpha value is -2.77. The molecule has 2 aromatic carbocycles. The van der Waals surface area contributed by atoms with Gasteiger partial charge in [-0.2, -0.15) is 10.1 Å². The summed E-state index contributed by atoms with van der Waals surface area (Å²) in [4.78, 5) is 27.2. The van der Waals surface area contributed by atoms with Crippen molar-refractivity contribution in [1.82, 2.24) is 0 Å². The lowest BCUT2D eigenvalue weighted by Gasteiger charge is -2.13. The average Bonchev–Trinajstić information content (AvgIpc) is 3.30. The van der Waals surface area contributed by atoms with Gasteiger partial charge in [-0.25, -0.2) is 4.99 Å². The molecule has 28 heavy (non-hydrogen) atoms. The van der Waals surface area contributed by atoms with Crippen molar-refractivity contribution in [2.24, 2.45) is 11.0 Å². The predicted octanol–water partition coefficient (Wildman–Crippen LogP) is 2.58. The van der Waals surface area contributed by atoms with E-state index in [9.17, 15) is 14.9 Å². The molecule has 1 N–H and O–H groups in total. The lowest BCUT2D eigenvalue weighted by Crippen LogP contribution is -2.71. The second kappa shape index (κ2) is 7.33. The standard InChI is InChI=1S/C19H14Cl2N4O3/c20-13-10-14(21)16(25(27)28)9-12(13)18-17(15-7-4-8-22-15)19(26)24(23-18)11-5-2-1-3-6-11/h1-3,5-6,9-10,17H,4,7-8H2/p+1. The molecule has 0 saturated heterocycles. The van der Waals surface area contributed by atoms with E-state index in [1.165, 1.54) is 17.1 Å². The Labute approximate surface area is 170 Å². The summed E-state index contributed by atoms with van der Waals surface area (Å²) in [5.74, 6) is -0.889. The van der Waals surface area contributed by atoms with Crippen molar-refractivity contribution >= 4 is 51.9 Å². The summed E-state index contributed by atoms with van der Waals surface area (Å²) < 4.78 is 0. The van der Waals surface area contributed by atoms with Crippen molar-refractivity contribution in [3.05, 3.63) is 68.2 Å². The van der Waals surface area contributed by atoms with Gasteiger partial charge in [0.25, 0.3) is 11.6 Å². The molecule has 0 spiro atoms. The second-order valence-electron chi connectivity index (χ2n) is 6.50. The zero-order valence-corrected chi connectivity index (χ0v) is 16.1. The molecule has 1 unspecified atom stereocenters. The molecule has 0 aliphatic carbocycles. The fraction of sp³-hybridized carbons (Fsp3) is 0.211. The van der Waals surface area contributed by atoms with Crippen LogP contribution in [0, 0.1) is 16.0 Å². The quantitative estimate of drug-likeness (QED) is 0.612. The molecule has 1 amide bonds. The number of amides is 1. The largest absolute Gasteiger partial charge is 0.288 e. The van der Waals surface area contributed by atoms with Crippen molar-refractivity contribution in [2.75, 3.05) is 11.6 Å². The number of nitro benzene ring substituents is 1. The molecule has 0 saturated carbocycles. The molecular weight excluding hydrogens is 403 g/mol. The number of nitrogens with zero attached hydrogens (tertiary/aromatic N) is 3. The van der Waals surface area contributed by atoms with Crippen LogP contribution in [0.2, 0.25) is 10.0 Å². The fourth-order valence-electron chi connectivity index (χ4n) is 3.47. The van der Waals surface area contributed by atoms with Crippen molar-refractivity contribution in [1.29, 1.82) is 0 Å². The molecule has 7 nitrogen and oxygen atoms in total. The maximum Gasteiger partial charge on any atom is 0.288 e. The van der Waals surface area contributed by atoms with Gasteiger partial charge in [0.1, 0.15) is 11.6 Å². The number of hydrogen-bond acceptors (Lipinski definition) is 4. The SMILES string of the molecule is O=C1C(C2=[NH+]CCC2)C(c2cc([N+](=O)[O-])c(Cl)cc2Cl)=NN1c1ccccc1. The zero-order valence-electron chi connectivity index (χ0n) is 14.6. The topological polar surface area (TPSA) is 89.8 Å². The number of hydrazone groups is 1. The number of carbonyl (C=O) groups is 1. The molecule has 9 heteroatoms. The molecule has 0 bridgehead atoms. The number of nitro groups is 1. The van der Waals surface area contributed by atoms with Crippen LogP contribution in [0.25, 0.3) is 0 Å². The van der Waals surface area contributed by atoms with E-state index in [2.05, 4.69) is 10.1 Å². The third-order valence-electron chi connectivity index (χ3n) is 4.77. The fourth-order valence-corrected chi connectivity index (χ4v) is 4.02. The van der Waals surface area contributed by atoms with E-state index in [1.54, 1.807) is 12.1 Å². The third kappa shape index (κ3) is 3.16. The van der Waals surface area contributed by atoms with E-state index in [-0.39, 0.29) is 21.6 Å². The van der Waals surface area contributed by atoms with Gasteiger partial charge >= 0.3 is 0 Å². The molecular formula is C19H15Cl2N4O3+. The third-order valence-corrected chi connectivity index (χ3v) is 5.39. The normalized spacial score (nSPS) is 19.0. The summed E-state index contributed by atoms with van der Waals surface area (Å²) in [6, 6.07) is 11.6.